The first-order valence-corrected chi connectivity index (χ1v) is 4.45. The van der Waals surface area contributed by atoms with Gasteiger partial charge in [-0.25, -0.2) is 0 Å². The first-order chi connectivity index (χ1) is 5.55. The molecule has 1 fully saturated rings. The number of carbonyl (C=O) groups is 1. The summed E-state index contributed by atoms with van der Waals surface area (Å²) in [4.78, 5) is 11.2. The largest absolute Gasteiger partial charge is 0.372 e. The molecule has 0 aromatic rings. The van der Waals surface area contributed by atoms with Gasteiger partial charge in [0.2, 0.25) is 0 Å². The molecule has 76 valence electrons. The maximum atomic E-state index is 11.2. The van der Waals surface area contributed by atoms with E-state index in [2.05, 4.69) is 5.32 Å². The molecule has 1 heterocycles. The zero-order valence-corrected chi connectivity index (χ0v) is 12.7. The van der Waals surface area contributed by atoms with E-state index < -0.39 is 0 Å². The van der Waals surface area contributed by atoms with Crippen molar-refractivity contribution in [3.8, 4) is 0 Å². The van der Waals surface area contributed by atoms with E-state index in [1.54, 1.807) is 0 Å². The summed E-state index contributed by atoms with van der Waals surface area (Å²) in [5, 5.41) is 3.19. The average molecular weight is 411 g/mol. The second kappa shape index (κ2) is 5.51. The van der Waals surface area contributed by atoms with Crippen molar-refractivity contribution in [3.63, 3.8) is 0 Å². The minimum absolute atomic E-state index is 0. The van der Waals surface area contributed by atoms with Gasteiger partial charge in [0, 0.05) is 45.5 Å². The fraction of sp³-hybridized carbons (Fsp3) is 0.889. The molecule has 0 bridgehead atoms. The molecule has 0 amide bonds. The van der Waals surface area contributed by atoms with Crippen LogP contribution in [0.15, 0.2) is 0 Å². The average Bonchev–Trinajstić information content (AvgIpc) is 2.03. The molecule has 4 heteroatoms. The molecule has 1 N–H and O–H groups in total. The molecule has 1 rings (SSSR count). The zero-order valence-electron chi connectivity index (χ0n) is 8.52. The predicted molar refractivity (Wildman–Crippen MR) is 49.2 cm³/mol. The molecule has 1 aliphatic heterocycles. The number of ether oxygens (including phenoxy) is 1. The minimum Gasteiger partial charge on any atom is -0.372 e. The third-order valence-electron chi connectivity index (χ3n) is 2.15. The molecule has 0 aromatic heterocycles. The number of rotatable bonds is 2. The number of hydrogen-bond acceptors (Lipinski definition) is 3. The predicted octanol–water partition coefficient (Wildman–Crippen LogP) is 0.978. The molecular formula is C9H19NO2U. The van der Waals surface area contributed by atoms with E-state index >= 15 is 0 Å². The van der Waals surface area contributed by atoms with Gasteiger partial charge in [0.15, 0.2) is 5.78 Å². The second-order valence-electron chi connectivity index (χ2n) is 3.82. The molecule has 0 spiro atoms. The van der Waals surface area contributed by atoms with Crippen molar-refractivity contribution in [3.05, 3.63) is 0 Å². The molecule has 3 nitrogen and oxygen atoms in total. The Balaban J connectivity index is 0. The Morgan fingerprint density at radius 2 is 2.31 bits per heavy atom. The molecule has 0 unspecified atom stereocenters. The summed E-state index contributed by atoms with van der Waals surface area (Å²) in [6.07, 6.45) is 0.585. The molecule has 13 heavy (non-hydrogen) atoms. The first-order valence-electron chi connectivity index (χ1n) is 4.45. The van der Waals surface area contributed by atoms with Crippen LogP contribution in [0.25, 0.3) is 0 Å². The van der Waals surface area contributed by atoms with E-state index in [1.807, 2.05) is 20.8 Å². The van der Waals surface area contributed by atoms with Crippen LogP contribution >= 0.6 is 0 Å². The third-order valence-corrected chi connectivity index (χ3v) is 2.15. The second-order valence-corrected chi connectivity index (χ2v) is 3.82. The Kier molecular flexibility index (Phi) is 5.78. The number of nitrogens with one attached hydrogen (secondary N) is 1. The van der Waals surface area contributed by atoms with E-state index in [-0.39, 0.29) is 50.0 Å². The van der Waals surface area contributed by atoms with Crippen LogP contribution in [0.3, 0.4) is 0 Å². The van der Waals surface area contributed by atoms with Crippen LogP contribution in [-0.4, -0.2) is 30.6 Å². The number of carbonyl (C=O) groups excluding carboxylic acids is 1. The number of ketones is 1. The van der Waals surface area contributed by atoms with E-state index in [9.17, 15) is 4.79 Å². The topological polar surface area (TPSA) is 38.3 Å². The van der Waals surface area contributed by atoms with Crippen LogP contribution < -0.4 is 5.32 Å². The smallest absolute Gasteiger partial charge is 0.151 e. The summed E-state index contributed by atoms with van der Waals surface area (Å²) in [5.74, 6) is 0.241. The van der Waals surface area contributed by atoms with E-state index in [4.69, 9.17) is 4.74 Å². The minimum atomic E-state index is -0.121. The van der Waals surface area contributed by atoms with Crippen molar-refractivity contribution in [2.24, 2.45) is 0 Å². The van der Waals surface area contributed by atoms with Gasteiger partial charge in [0.25, 0.3) is 0 Å². The first kappa shape index (κ1) is 13.6. The van der Waals surface area contributed by atoms with Crippen LogP contribution in [0.2, 0.25) is 0 Å². The summed E-state index contributed by atoms with van der Waals surface area (Å²) in [6.45, 7) is 7.19. The van der Waals surface area contributed by atoms with Gasteiger partial charge < -0.3 is 10.1 Å². The van der Waals surface area contributed by atoms with Gasteiger partial charge in [-0.05, 0) is 13.8 Å². The molecule has 1 atom stereocenters. The number of Topliss-reactive ketones (excluding diaryl/α,β-unsaturated/α-hetero) is 1. The Bertz CT molecular complexity index is 178. The molecule has 1 saturated heterocycles. The summed E-state index contributed by atoms with van der Waals surface area (Å²) >= 11 is 0. The normalized spacial score (nSPS) is 26.2. The van der Waals surface area contributed by atoms with E-state index in [0.717, 1.165) is 6.54 Å². The summed E-state index contributed by atoms with van der Waals surface area (Å²) in [5.41, 5.74) is -0.121. The maximum Gasteiger partial charge on any atom is 0.151 e. The van der Waals surface area contributed by atoms with Crippen molar-refractivity contribution in [1.82, 2.24) is 5.32 Å². The fourth-order valence-electron chi connectivity index (χ4n) is 1.24. The van der Waals surface area contributed by atoms with E-state index in [1.165, 1.54) is 0 Å². The van der Waals surface area contributed by atoms with Gasteiger partial charge in [-0.3, -0.25) is 4.79 Å². The van der Waals surface area contributed by atoms with Crippen molar-refractivity contribution >= 4 is 5.78 Å². The Hall–Kier alpha value is 0.642. The van der Waals surface area contributed by atoms with Gasteiger partial charge in [-0.1, -0.05) is 6.92 Å². The van der Waals surface area contributed by atoms with Crippen LogP contribution in [0, 0.1) is 31.1 Å². The van der Waals surface area contributed by atoms with Crippen LogP contribution in [0.1, 0.15) is 28.6 Å². The maximum absolute atomic E-state index is 11.2. The summed E-state index contributed by atoms with van der Waals surface area (Å²) in [6, 6.07) is -0.0805. The standard InChI is InChI=1S/C9H17NO2.U.H2/c1-4-8(11)7-5-12-9(2,3)6-10-7;;/h7,10H,4-6H2,1-3H3;;1H/t7-;;/m0../s1. The molecule has 0 radical (unpaired) electrons. The van der Waals surface area contributed by atoms with Crippen molar-refractivity contribution in [2.45, 2.75) is 38.8 Å². The van der Waals surface area contributed by atoms with E-state index in [0.29, 0.717) is 13.0 Å². The molecule has 0 aliphatic carbocycles. The Morgan fingerprint density at radius 3 is 2.69 bits per heavy atom. The van der Waals surface area contributed by atoms with Gasteiger partial charge >= 0.3 is 0 Å². The Labute approximate surface area is 105 Å². The van der Waals surface area contributed by atoms with Crippen LogP contribution in [0.5, 0.6) is 0 Å². The molecule has 1 aliphatic rings. The Morgan fingerprint density at radius 1 is 1.69 bits per heavy atom. The summed E-state index contributed by atoms with van der Waals surface area (Å²) < 4.78 is 5.52. The molecule has 0 saturated carbocycles. The van der Waals surface area contributed by atoms with Crippen LogP contribution in [0.4, 0.5) is 0 Å². The summed E-state index contributed by atoms with van der Waals surface area (Å²) in [7, 11) is 0. The van der Waals surface area contributed by atoms with Gasteiger partial charge in [0.05, 0.1) is 18.2 Å². The van der Waals surface area contributed by atoms with Crippen molar-refractivity contribution in [2.75, 3.05) is 13.2 Å². The third kappa shape index (κ3) is 4.12. The molecule has 0 aromatic carbocycles. The van der Waals surface area contributed by atoms with Crippen molar-refractivity contribution in [1.29, 1.82) is 0 Å². The zero-order chi connectivity index (χ0) is 9.19. The SMILES string of the molecule is CCC(=O)[C@@H]1COC(C)(C)CN1.[HH].[U]. The fourth-order valence-corrected chi connectivity index (χ4v) is 1.24. The quantitative estimate of drug-likeness (QED) is 0.737. The monoisotopic (exact) mass is 411 g/mol. The molecular weight excluding hydrogens is 392 g/mol. The van der Waals surface area contributed by atoms with Crippen molar-refractivity contribution < 1.29 is 42.1 Å². The van der Waals surface area contributed by atoms with Gasteiger partial charge in [-0.2, -0.15) is 0 Å². The van der Waals surface area contributed by atoms with Crippen LogP contribution in [-0.2, 0) is 9.53 Å². The van der Waals surface area contributed by atoms with Gasteiger partial charge in [0.1, 0.15) is 0 Å². The van der Waals surface area contributed by atoms with Gasteiger partial charge in [-0.15, -0.1) is 0 Å². The number of morpholine rings is 1. The number of hydrogen-bond donors (Lipinski definition) is 1.